The van der Waals surface area contributed by atoms with E-state index in [2.05, 4.69) is 5.32 Å². The lowest BCUT2D eigenvalue weighted by Crippen LogP contribution is -2.27. The average Bonchev–Trinajstić information content (AvgIpc) is 2.47. The fourth-order valence-corrected chi connectivity index (χ4v) is 2.10. The summed E-state index contributed by atoms with van der Waals surface area (Å²) in [4.78, 5) is 10.9. The number of hydrogen-bond acceptors (Lipinski definition) is 2. The van der Waals surface area contributed by atoms with Gasteiger partial charge in [-0.3, -0.25) is 0 Å². The molecular formula is C17H18FNO2. The van der Waals surface area contributed by atoms with Crippen molar-refractivity contribution >= 4 is 11.7 Å². The highest BCUT2D eigenvalue weighted by atomic mass is 19.1. The van der Waals surface area contributed by atoms with Gasteiger partial charge in [0.2, 0.25) is 0 Å². The van der Waals surface area contributed by atoms with Gasteiger partial charge in [0.15, 0.2) is 0 Å². The van der Waals surface area contributed by atoms with Gasteiger partial charge in [0.25, 0.3) is 0 Å². The second-order valence-electron chi connectivity index (χ2n) is 5.60. The lowest BCUT2D eigenvalue weighted by Gasteiger charge is -2.26. The Morgan fingerprint density at radius 2 is 1.86 bits per heavy atom. The van der Waals surface area contributed by atoms with Crippen LogP contribution >= 0.6 is 0 Å². The number of anilines is 1. The third-order valence-electron chi connectivity index (χ3n) is 3.49. The van der Waals surface area contributed by atoms with Gasteiger partial charge in [-0.25, -0.2) is 9.18 Å². The molecule has 0 heterocycles. The normalized spacial score (nSPS) is 11.2. The average molecular weight is 287 g/mol. The number of halogens is 1. The second kappa shape index (κ2) is 5.95. The third kappa shape index (κ3) is 3.60. The summed E-state index contributed by atoms with van der Waals surface area (Å²) < 4.78 is 13.8. The Morgan fingerprint density at radius 1 is 1.19 bits per heavy atom. The number of benzene rings is 2. The first-order chi connectivity index (χ1) is 9.90. The van der Waals surface area contributed by atoms with Crippen LogP contribution < -0.4 is 5.32 Å². The van der Waals surface area contributed by atoms with Crippen LogP contribution in [0.15, 0.2) is 48.5 Å². The second-order valence-corrected chi connectivity index (χ2v) is 5.60. The van der Waals surface area contributed by atoms with E-state index in [4.69, 9.17) is 5.11 Å². The van der Waals surface area contributed by atoms with Gasteiger partial charge in [-0.15, -0.1) is 0 Å². The van der Waals surface area contributed by atoms with Crippen LogP contribution in [0.1, 0.15) is 29.8 Å². The highest BCUT2D eigenvalue weighted by Gasteiger charge is 2.20. The van der Waals surface area contributed by atoms with E-state index in [1.165, 1.54) is 18.2 Å². The molecule has 0 aliphatic rings. The molecule has 3 nitrogen and oxygen atoms in total. The standard InChI is InChI=1S/C17H18FNO2/c1-17(2,13-6-4-3-5-7-13)11-19-15-10-12(16(20)21)8-9-14(15)18/h3-10,19H,11H2,1-2H3,(H,20,21). The maximum atomic E-state index is 13.8. The van der Waals surface area contributed by atoms with E-state index in [1.807, 2.05) is 44.2 Å². The van der Waals surface area contributed by atoms with Gasteiger partial charge >= 0.3 is 5.97 Å². The molecule has 0 aromatic heterocycles. The summed E-state index contributed by atoms with van der Waals surface area (Å²) in [7, 11) is 0. The van der Waals surface area contributed by atoms with Crippen molar-refractivity contribution in [3.05, 3.63) is 65.5 Å². The zero-order valence-electron chi connectivity index (χ0n) is 12.1. The summed E-state index contributed by atoms with van der Waals surface area (Å²) in [5.74, 6) is -1.52. The van der Waals surface area contributed by atoms with Gasteiger partial charge in [-0.2, -0.15) is 0 Å². The first-order valence-electron chi connectivity index (χ1n) is 6.72. The van der Waals surface area contributed by atoms with Crippen molar-refractivity contribution in [1.82, 2.24) is 0 Å². The number of nitrogens with one attached hydrogen (secondary N) is 1. The highest BCUT2D eigenvalue weighted by molar-refractivity contribution is 5.88. The fourth-order valence-electron chi connectivity index (χ4n) is 2.10. The van der Waals surface area contributed by atoms with Crippen molar-refractivity contribution in [3.8, 4) is 0 Å². The first-order valence-corrected chi connectivity index (χ1v) is 6.72. The molecule has 2 rings (SSSR count). The molecule has 0 saturated carbocycles. The van der Waals surface area contributed by atoms with Crippen LogP contribution in [0, 0.1) is 5.82 Å². The maximum absolute atomic E-state index is 13.8. The molecule has 2 aromatic rings. The smallest absolute Gasteiger partial charge is 0.335 e. The van der Waals surface area contributed by atoms with Gasteiger partial charge < -0.3 is 10.4 Å². The van der Waals surface area contributed by atoms with E-state index in [1.54, 1.807) is 0 Å². The Bertz CT molecular complexity index is 638. The summed E-state index contributed by atoms with van der Waals surface area (Å²) >= 11 is 0. The first kappa shape index (κ1) is 15.0. The van der Waals surface area contributed by atoms with Crippen molar-refractivity contribution in [2.75, 3.05) is 11.9 Å². The summed E-state index contributed by atoms with van der Waals surface area (Å²) in [6.45, 7) is 4.60. The number of hydrogen-bond donors (Lipinski definition) is 2. The molecule has 0 fully saturated rings. The maximum Gasteiger partial charge on any atom is 0.335 e. The van der Waals surface area contributed by atoms with Gasteiger partial charge in [-0.05, 0) is 23.8 Å². The molecule has 0 amide bonds. The molecule has 0 unspecified atom stereocenters. The predicted octanol–water partition coefficient (Wildman–Crippen LogP) is 3.91. The number of rotatable bonds is 5. The molecule has 0 bridgehead atoms. The summed E-state index contributed by atoms with van der Waals surface area (Å²) in [6, 6.07) is 13.6. The molecule has 110 valence electrons. The Kier molecular flexibility index (Phi) is 4.26. The molecule has 0 aliphatic heterocycles. The molecule has 4 heteroatoms. The van der Waals surface area contributed by atoms with Crippen molar-refractivity contribution in [1.29, 1.82) is 0 Å². The van der Waals surface area contributed by atoms with Gasteiger partial charge in [0, 0.05) is 12.0 Å². The number of carbonyl (C=O) groups is 1. The van der Waals surface area contributed by atoms with Crippen molar-refractivity contribution in [2.45, 2.75) is 19.3 Å². The minimum Gasteiger partial charge on any atom is -0.478 e. The molecule has 2 aromatic carbocycles. The van der Waals surface area contributed by atoms with E-state index in [9.17, 15) is 9.18 Å². The van der Waals surface area contributed by atoms with Gasteiger partial charge in [0.05, 0.1) is 11.3 Å². The number of aromatic carboxylic acids is 1. The third-order valence-corrected chi connectivity index (χ3v) is 3.49. The zero-order chi connectivity index (χ0) is 15.5. The van der Waals surface area contributed by atoms with Crippen molar-refractivity contribution in [2.24, 2.45) is 0 Å². The lowest BCUT2D eigenvalue weighted by atomic mass is 9.84. The predicted molar refractivity (Wildman–Crippen MR) is 81.3 cm³/mol. The monoisotopic (exact) mass is 287 g/mol. The Morgan fingerprint density at radius 3 is 2.48 bits per heavy atom. The van der Waals surface area contributed by atoms with E-state index in [0.717, 1.165) is 5.56 Å². The molecule has 0 aliphatic carbocycles. The van der Waals surface area contributed by atoms with Gasteiger partial charge in [-0.1, -0.05) is 44.2 Å². The minimum absolute atomic E-state index is 0.0661. The number of carboxylic acids is 1. The Labute approximate surface area is 123 Å². The summed E-state index contributed by atoms with van der Waals surface area (Å²) in [6.07, 6.45) is 0. The minimum atomic E-state index is -1.07. The van der Waals surface area contributed by atoms with Crippen LogP contribution in [0.25, 0.3) is 0 Å². The van der Waals surface area contributed by atoms with E-state index < -0.39 is 11.8 Å². The van der Waals surface area contributed by atoms with Crippen LogP contribution in [0.4, 0.5) is 10.1 Å². The largest absolute Gasteiger partial charge is 0.478 e. The van der Waals surface area contributed by atoms with Crippen LogP contribution in [-0.2, 0) is 5.41 Å². The Balaban J connectivity index is 2.16. The van der Waals surface area contributed by atoms with E-state index in [0.29, 0.717) is 6.54 Å². The van der Waals surface area contributed by atoms with Crippen LogP contribution in [-0.4, -0.2) is 17.6 Å². The van der Waals surface area contributed by atoms with Gasteiger partial charge in [0.1, 0.15) is 5.82 Å². The van der Waals surface area contributed by atoms with Crippen LogP contribution in [0.5, 0.6) is 0 Å². The molecule has 0 radical (unpaired) electrons. The lowest BCUT2D eigenvalue weighted by molar-refractivity contribution is 0.0697. The van der Waals surface area contributed by atoms with Crippen molar-refractivity contribution in [3.63, 3.8) is 0 Å². The van der Waals surface area contributed by atoms with Crippen LogP contribution in [0.2, 0.25) is 0 Å². The van der Waals surface area contributed by atoms with E-state index in [-0.39, 0.29) is 16.7 Å². The SMILES string of the molecule is CC(C)(CNc1cc(C(=O)O)ccc1F)c1ccccc1. The van der Waals surface area contributed by atoms with Crippen LogP contribution in [0.3, 0.4) is 0 Å². The topological polar surface area (TPSA) is 49.3 Å². The molecule has 0 saturated heterocycles. The quantitative estimate of drug-likeness (QED) is 0.876. The molecule has 21 heavy (non-hydrogen) atoms. The van der Waals surface area contributed by atoms with E-state index >= 15 is 0 Å². The summed E-state index contributed by atoms with van der Waals surface area (Å²) in [5.41, 5.74) is 1.20. The fraction of sp³-hybridized carbons (Fsp3) is 0.235. The zero-order valence-corrected chi connectivity index (χ0v) is 12.1. The summed E-state index contributed by atoms with van der Waals surface area (Å²) in [5, 5.41) is 12.0. The molecular weight excluding hydrogens is 269 g/mol. The highest BCUT2D eigenvalue weighted by Crippen LogP contribution is 2.24. The Hall–Kier alpha value is -2.36. The molecule has 2 N–H and O–H groups in total. The van der Waals surface area contributed by atoms with Crippen molar-refractivity contribution < 1.29 is 14.3 Å². The number of carboxylic acid groups (broad SMARTS) is 1. The molecule has 0 spiro atoms. The molecule has 0 atom stereocenters.